The Morgan fingerprint density at radius 2 is 1.92 bits per heavy atom. The van der Waals surface area contributed by atoms with Crippen LogP contribution in [0.15, 0.2) is 40.8 Å². The Hall–Kier alpha value is -2.73. The molecular formula is C20H21N3O2S. The van der Waals surface area contributed by atoms with Gasteiger partial charge in [-0.25, -0.2) is 4.98 Å². The molecule has 134 valence electrons. The number of rotatable bonds is 3. The van der Waals surface area contributed by atoms with E-state index in [9.17, 15) is 4.79 Å². The molecule has 0 atom stereocenters. The summed E-state index contributed by atoms with van der Waals surface area (Å²) < 4.78 is 5.86. The van der Waals surface area contributed by atoms with Crippen LogP contribution in [0, 0.1) is 19.8 Å². The summed E-state index contributed by atoms with van der Waals surface area (Å²) in [6, 6.07) is 11.7. The molecule has 0 aliphatic rings. The Kier molecular flexibility index (Phi) is 5.04. The number of thiocarbonyl (C=S) groups is 1. The molecule has 2 aromatic carbocycles. The topological polar surface area (TPSA) is 67.2 Å². The van der Waals surface area contributed by atoms with Gasteiger partial charge in [-0.3, -0.25) is 4.79 Å². The molecule has 0 unspecified atom stereocenters. The fourth-order valence-corrected chi connectivity index (χ4v) is 2.67. The number of nitrogens with one attached hydrogen (secondary N) is 2. The Morgan fingerprint density at radius 1 is 1.15 bits per heavy atom. The minimum Gasteiger partial charge on any atom is -0.436 e. The molecule has 1 aromatic heterocycles. The fourth-order valence-electron chi connectivity index (χ4n) is 2.46. The van der Waals surface area contributed by atoms with E-state index in [1.54, 1.807) is 0 Å². The first-order chi connectivity index (χ1) is 12.3. The van der Waals surface area contributed by atoms with Crippen LogP contribution in [0.1, 0.15) is 25.0 Å². The standard InChI is InChI=1S/C20H21N3O2S/c1-11(2)18(24)23-20(26)22-15-10-14(7-6-13(15)4)19-21-16-9-12(3)5-8-17(16)25-19/h5-11H,1-4H3,(H2,22,23,24,26). The summed E-state index contributed by atoms with van der Waals surface area (Å²) in [6.07, 6.45) is 0. The van der Waals surface area contributed by atoms with Gasteiger partial charge in [0.2, 0.25) is 11.8 Å². The second kappa shape index (κ2) is 7.25. The Balaban J connectivity index is 1.86. The molecule has 26 heavy (non-hydrogen) atoms. The number of benzene rings is 2. The third-order valence-electron chi connectivity index (χ3n) is 4.04. The van der Waals surface area contributed by atoms with Crippen LogP contribution < -0.4 is 10.6 Å². The van der Waals surface area contributed by atoms with Gasteiger partial charge in [0.25, 0.3) is 0 Å². The van der Waals surface area contributed by atoms with Crippen molar-refractivity contribution in [3.8, 4) is 11.5 Å². The summed E-state index contributed by atoms with van der Waals surface area (Å²) in [4.78, 5) is 16.3. The number of nitrogens with zero attached hydrogens (tertiary/aromatic N) is 1. The minimum atomic E-state index is -0.134. The molecule has 2 N–H and O–H groups in total. The van der Waals surface area contributed by atoms with Crippen molar-refractivity contribution in [1.29, 1.82) is 0 Å². The molecule has 3 rings (SSSR count). The maximum Gasteiger partial charge on any atom is 0.228 e. The highest BCUT2D eigenvalue weighted by molar-refractivity contribution is 7.80. The van der Waals surface area contributed by atoms with E-state index >= 15 is 0 Å². The summed E-state index contributed by atoms with van der Waals surface area (Å²) in [5.41, 5.74) is 5.35. The molecule has 0 saturated heterocycles. The molecule has 0 radical (unpaired) electrons. The van der Waals surface area contributed by atoms with Crippen LogP contribution in [0.25, 0.3) is 22.6 Å². The molecular weight excluding hydrogens is 346 g/mol. The Labute approximate surface area is 157 Å². The predicted octanol–water partition coefficient (Wildman–Crippen LogP) is 4.58. The van der Waals surface area contributed by atoms with E-state index in [4.69, 9.17) is 16.6 Å². The molecule has 5 nitrogen and oxygen atoms in total. The molecule has 1 heterocycles. The number of carbonyl (C=O) groups is 1. The Morgan fingerprint density at radius 3 is 2.65 bits per heavy atom. The zero-order valence-corrected chi connectivity index (χ0v) is 16.0. The number of amides is 1. The van der Waals surface area contributed by atoms with Crippen molar-refractivity contribution < 1.29 is 9.21 Å². The van der Waals surface area contributed by atoms with E-state index in [0.29, 0.717) is 5.89 Å². The minimum absolute atomic E-state index is 0.120. The normalized spacial score (nSPS) is 11.0. The zero-order valence-electron chi connectivity index (χ0n) is 15.2. The second-order valence-electron chi connectivity index (χ2n) is 6.62. The number of aryl methyl sites for hydroxylation is 2. The molecule has 0 spiro atoms. The quantitative estimate of drug-likeness (QED) is 0.663. The van der Waals surface area contributed by atoms with Crippen molar-refractivity contribution in [1.82, 2.24) is 10.3 Å². The number of aromatic nitrogens is 1. The van der Waals surface area contributed by atoms with E-state index in [2.05, 4.69) is 15.6 Å². The van der Waals surface area contributed by atoms with E-state index in [1.807, 2.05) is 64.1 Å². The van der Waals surface area contributed by atoms with Crippen molar-refractivity contribution in [2.45, 2.75) is 27.7 Å². The first kappa shape index (κ1) is 18.1. The average Bonchev–Trinajstić information content (AvgIpc) is 2.99. The molecule has 0 saturated carbocycles. The highest BCUT2D eigenvalue weighted by Crippen LogP contribution is 2.28. The van der Waals surface area contributed by atoms with Crippen molar-refractivity contribution in [3.05, 3.63) is 47.5 Å². The van der Waals surface area contributed by atoms with Gasteiger partial charge >= 0.3 is 0 Å². The zero-order chi connectivity index (χ0) is 18.8. The highest BCUT2D eigenvalue weighted by atomic mass is 32.1. The third-order valence-corrected chi connectivity index (χ3v) is 4.24. The van der Waals surface area contributed by atoms with E-state index < -0.39 is 0 Å². The van der Waals surface area contributed by atoms with Crippen LogP contribution in [0.3, 0.4) is 0 Å². The van der Waals surface area contributed by atoms with Crippen LogP contribution in [-0.2, 0) is 4.79 Å². The molecule has 0 aliphatic heterocycles. The van der Waals surface area contributed by atoms with E-state index in [1.165, 1.54) is 0 Å². The molecule has 0 aliphatic carbocycles. The lowest BCUT2D eigenvalue weighted by atomic mass is 10.1. The van der Waals surface area contributed by atoms with Gasteiger partial charge in [-0.1, -0.05) is 26.0 Å². The third kappa shape index (κ3) is 3.91. The van der Waals surface area contributed by atoms with Crippen molar-refractivity contribution in [2.24, 2.45) is 5.92 Å². The molecule has 0 fully saturated rings. The molecule has 1 amide bonds. The van der Waals surface area contributed by atoms with Crippen molar-refractivity contribution in [3.63, 3.8) is 0 Å². The SMILES string of the molecule is Cc1ccc2oc(-c3ccc(C)c(NC(=S)NC(=O)C(C)C)c3)nc2c1. The number of fused-ring (bicyclic) bond motifs is 1. The Bertz CT molecular complexity index is 992. The highest BCUT2D eigenvalue weighted by Gasteiger charge is 2.12. The van der Waals surface area contributed by atoms with Gasteiger partial charge in [-0.15, -0.1) is 0 Å². The van der Waals surface area contributed by atoms with E-state index in [0.717, 1.165) is 33.5 Å². The largest absolute Gasteiger partial charge is 0.436 e. The first-order valence-corrected chi connectivity index (χ1v) is 8.84. The molecule has 3 aromatic rings. The van der Waals surface area contributed by atoms with Crippen LogP contribution in [0.5, 0.6) is 0 Å². The summed E-state index contributed by atoms with van der Waals surface area (Å²) in [5, 5.41) is 6.04. The van der Waals surface area contributed by atoms with Gasteiger partial charge in [0.1, 0.15) is 5.52 Å². The summed E-state index contributed by atoms with van der Waals surface area (Å²) in [7, 11) is 0. The summed E-state index contributed by atoms with van der Waals surface area (Å²) >= 11 is 5.24. The van der Waals surface area contributed by atoms with Gasteiger partial charge in [-0.2, -0.15) is 0 Å². The molecule has 0 bridgehead atoms. The number of anilines is 1. The lowest BCUT2D eigenvalue weighted by Gasteiger charge is -2.13. The lowest BCUT2D eigenvalue weighted by molar-refractivity contribution is -0.122. The summed E-state index contributed by atoms with van der Waals surface area (Å²) in [5.74, 6) is 0.293. The van der Waals surface area contributed by atoms with Gasteiger partial charge in [0.15, 0.2) is 10.7 Å². The average molecular weight is 367 g/mol. The van der Waals surface area contributed by atoms with Crippen molar-refractivity contribution in [2.75, 3.05) is 5.32 Å². The van der Waals surface area contributed by atoms with E-state index in [-0.39, 0.29) is 16.9 Å². The van der Waals surface area contributed by atoms with Gasteiger partial charge in [0.05, 0.1) is 0 Å². The monoisotopic (exact) mass is 367 g/mol. The summed E-state index contributed by atoms with van der Waals surface area (Å²) in [6.45, 7) is 7.63. The van der Waals surface area contributed by atoms with Gasteiger partial charge in [0, 0.05) is 17.2 Å². The second-order valence-corrected chi connectivity index (χ2v) is 7.03. The molecule has 6 heteroatoms. The fraction of sp³-hybridized carbons (Fsp3) is 0.250. The van der Waals surface area contributed by atoms with Crippen LogP contribution in [0.2, 0.25) is 0 Å². The van der Waals surface area contributed by atoms with Gasteiger partial charge < -0.3 is 15.1 Å². The van der Waals surface area contributed by atoms with Gasteiger partial charge in [-0.05, 0) is 61.5 Å². The maximum absolute atomic E-state index is 11.8. The number of oxazole rings is 1. The van der Waals surface area contributed by atoms with Crippen LogP contribution in [-0.4, -0.2) is 16.0 Å². The smallest absolute Gasteiger partial charge is 0.228 e. The maximum atomic E-state index is 11.8. The predicted molar refractivity (Wildman–Crippen MR) is 108 cm³/mol. The number of hydrogen-bond acceptors (Lipinski definition) is 4. The number of carbonyl (C=O) groups excluding carboxylic acids is 1. The van der Waals surface area contributed by atoms with Crippen LogP contribution in [0.4, 0.5) is 5.69 Å². The van der Waals surface area contributed by atoms with Crippen LogP contribution >= 0.6 is 12.2 Å². The van der Waals surface area contributed by atoms with Crippen molar-refractivity contribution >= 4 is 40.0 Å². The lowest BCUT2D eigenvalue weighted by Crippen LogP contribution is -2.36. The first-order valence-electron chi connectivity index (χ1n) is 8.43. The number of hydrogen-bond donors (Lipinski definition) is 2.